The first-order valence-corrected chi connectivity index (χ1v) is 10.6. The van der Waals surface area contributed by atoms with Crippen molar-refractivity contribution in [2.75, 3.05) is 25.8 Å². The zero-order valence-corrected chi connectivity index (χ0v) is 17.9. The second-order valence-electron chi connectivity index (χ2n) is 6.35. The predicted octanol–water partition coefficient (Wildman–Crippen LogP) is 5.31. The summed E-state index contributed by atoms with van der Waals surface area (Å²) in [6.07, 6.45) is 5.96. The Labute approximate surface area is 177 Å². The average molecular weight is 437 g/mol. The molecule has 1 aromatic carbocycles. The number of thioether (sulfide) groups is 1. The molecule has 4 rings (SSSR count). The molecule has 28 heavy (non-hydrogen) atoms. The number of aromatic nitrogens is 3. The molecule has 2 aromatic heterocycles. The SMILES string of the molecule is COc1cc(OC)c(Cl)c(-c2cc3cnc(SC)nc3c(NC3CC3)n2)c1Cl. The Morgan fingerprint density at radius 3 is 2.32 bits per heavy atom. The van der Waals surface area contributed by atoms with E-state index in [1.807, 2.05) is 12.3 Å². The predicted molar refractivity (Wildman–Crippen MR) is 114 cm³/mol. The Bertz CT molecular complexity index is 1030. The quantitative estimate of drug-likeness (QED) is 0.414. The maximum atomic E-state index is 6.59. The van der Waals surface area contributed by atoms with Crippen molar-refractivity contribution in [1.29, 1.82) is 0 Å². The van der Waals surface area contributed by atoms with E-state index >= 15 is 0 Å². The fraction of sp³-hybridized carbons (Fsp3) is 0.316. The number of ether oxygens (including phenoxy) is 2. The van der Waals surface area contributed by atoms with Gasteiger partial charge < -0.3 is 14.8 Å². The van der Waals surface area contributed by atoms with E-state index in [2.05, 4.69) is 15.3 Å². The lowest BCUT2D eigenvalue weighted by atomic mass is 10.1. The van der Waals surface area contributed by atoms with Gasteiger partial charge in [0.1, 0.15) is 17.0 Å². The van der Waals surface area contributed by atoms with Crippen LogP contribution < -0.4 is 14.8 Å². The summed E-state index contributed by atoms with van der Waals surface area (Å²) in [5.41, 5.74) is 1.93. The number of fused-ring (bicyclic) bond motifs is 1. The molecule has 0 aliphatic heterocycles. The molecule has 0 saturated heterocycles. The van der Waals surface area contributed by atoms with E-state index in [1.165, 1.54) is 11.8 Å². The van der Waals surface area contributed by atoms with E-state index in [1.54, 1.807) is 26.5 Å². The molecular formula is C19H18Cl2N4O2S. The molecule has 3 aromatic rings. The van der Waals surface area contributed by atoms with Crippen LogP contribution in [0.2, 0.25) is 10.0 Å². The second kappa shape index (κ2) is 7.81. The summed E-state index contributed by atoms with van der Waals surface area (Å²) in [5.74, 6) is 1.62. The average Bonchev–Trinajstić information content (AvgIpc) is 3.52. The van der Waals surface area contributed by atoms with Gasteiger partial charge in [-0.3, -0.25) is 0 Å². The van der Waals surface area contributed by atoms with Crippen LogP contribution in [0.1, 0.15) is 12.8 Å². The van der Waals surface area contributed by atoms with Gasteiger partial charge in [-0.2, -0.15) is 0 Å². The van der Waals surface area contributed by atoms with Crippen LogP contribution in [0.5, 0.6) is 11.5 Å². The molecule has 146 valence electrons. The number of pyridine rings is 1. The largest absolute Gasteiger partial charge is 0.495 e. The summed E-state index contributed by atoms with van der Waals surface area (Å²) in [5, 5.41) is 5.75. The third kappa shape index (κ3) is 3.54. The Morgan fingerprint density at radius 2 is 1.75 bits per heavy atom. The molecule has 0 atom stereocenters. The highest BCUT2D eigenvalue weighted by Crippen LogP contribution is 2.46. The van der Waals surface area contributed by atoms with Crippen LogP contribution in [0.25, 0.3) is 22.2 Å². The first-order valence-electron chi connectivity index (χ1n) is 8.64. The Kier molecular flexibility index (Phi) is 5.40. The van der Waals surface area contributed by atoms with E-state index in [9.17, 15) is 0 Å². The van der Waals surface area contributed by atoms with Gasteiger partial charge in [-0.1, -0.05) is 35.0 Å². The lowest BCUT2D eigenvalue weighted by Crippen LogP contribution is -2.06. The molecular weight excluding hydrogens is 419 g/mol. The third-order valence-electron chi connectivity index (χ3n) is 4.47. The van der Waals surface area contributed by atoms with Crippen molar-refractivity contribution in [3.05, 3.63) is 28.4 Å². The number of nitrogens with one attached hydrogen (secondary N) is 1. The van der Waals surface area contributed by atoms with E-state index in [0.29, 0.717) is 49.8 Å². The van der Waals surface area contributed by atoms with Crippen molar-refractivity contribution in [2.24, 2.45) is 0 Å². The van der Waals surface area contributed by atoms with Gasteiger partial charge in [-0.15, -0.1) is 0 Å². The van der Waals surface area contributed by atoms with Gasteiger partial charge in [-0.05, 0) is 25.2 Å². The molecule has 0 spiro atoms. The second-order valence-corrected chi connectivity index (χ2v) is 7.88. The fourth-order valence-corrected chi connectivity index (χ4v) is 3.92. The minimum atomic E-state index is 0.374. The number of anilines is 1. The van der Waals surface area contributed by atoms with Crippen LogP contribution in [-0.4, -0.2) is 41.5 Å². The van der Waals surface area contributed by atoms with E-state index in [4.69, 9.17) is 37.7 Å². The molecule has 9 heteroatoms. The van der Waals surface area contributed by atoms with E-state index < -0.39 is 0 Å². The normalized spacial score (nSPS) is 13.6. The van der Waals surface area contributed by atoms with Crippen molar-refractivity contribution in [1.82, 2.24) is 15.0 Å². The van der Waals surface area contributed by atoms with Crippen LogP contribution >= 0.6 is 35.0 Å². The molecule has 0 amide bonds. The number of rotatable bonds is 6. The summed E-state index contributed by atoms with van der Waals surface area (Å²) in [4.78, 5) is 13.8. The molecule has 1 aliphatic carbocycles. The van der Waals surface area contributed by atoms with Crippen LogP contribution in [-0.2, 0) is 0 Å². The Balaban J connectivity index is 1.96. The molecule has 1 saturated carbocycles. The van der Waals surface area contributed by atoms with Crippen molar-refractivity contribution in [2.45, 2.75) is 24.0 Å². The summed E-state index contributed by atoms with van der Waals surface area (Å²) in [7, 11) is 3.09. The number of nitrogens with zero attached hydrogens (tertiary/aromatic N) is 3. The fourth-order valence-electron chi connectivity index (χ4n) is 2.88. The summed E-state index contributed by atoms with van der Waals surface area (Å²) < 4.78 is 10.8. The standard InChI is InChI=1S/C19H18Cl2N4O2S/c1-26-12-7-13(27-2)16(21)14(15(12)20)11-6-9-8-22-19(28-3)25-17(9)18(24-11)23-10-4-5-10/h6-8,10H,4-5H2,1-3H3,(H,23,24). The van der Waals surface area contributed by atoms with Gasteiger partial charge in [0.15, 0.2) is 11.0 Å². The number of benzene rings is 1. The van der Waals surface area contributed by atoms with Crippen LogP contribution in [0, 0.1) is 0 Å². The van der Waals surface area contributed by atoms with Crippen molar-refractivity contribution in [3.8, 4) is 22.8 Å². The lowest BCUT2D eigenvalue weighted by molar-refractivity contribution is 0.395. The number of methoxy groups -OCH3 is 2. The minimum absolute atomic E-state index is 0.374. The summed E-state index contributed by atoms with van der Waals surface area (Å²) in [6, 6.07) is 3.94. The highest BCUT2D eigenvalue weighted by Gasteiger charge is 2.25. The number of halogens is 2. The zero-order chi connectivity index (χ0) is 19.8. The Morgan fingerprint density at radius 1 is 1.07 bits per heavy atom. The van der Waals surface area contributed by atoms with Crippen LogP contribution in [0.15, 0.2) is 23.5 Å². The Hall–Kier alpha value is -1.96. The summed E-state index contributed by atoms with van der Waals surface area (Å²) in [6.45, 7) is 0. The molecule has 0 radical (unpaired) electrons. The monoisotopic (exact) mass is 436 g/mol. The maximum Gasteiger partial charge on any atom is 0.187 e. The molecule has 1 N–H and O–H groups in total. The van der Waals surface area contributed by atoms with E-state index in [0.717, 1.165) is 23.7 Å². The first kappa shape index (κ1) is 19.4. The van der Waals surface area contributed by atoms with Gasteiger partial charge >= 0.3 is 0 Å². The molecule has 1 fully saturated rings. The highest BCUT2D eigenvalue weighted by atomic mass is 35.5. The summed E-state index contributed by atoms with van der Waals surface area (Å²) >= 11 is 14.7. The molecule has 2 heterocycles. The first-order chi connectivity index (χ1) is 13.5. The van der Waals surface area contributed by atoms with Crippen LogP contribution in [0.3, 0.4) is 0 Å². The van der Waals surface area contributed by atoms with Gasteiger partial charge in [0, 0.05) is 29.3 Å². The third-order valence-corrected chi connectivity index (χ3v) is 5.79. The van der Waals surface area contributed by atoms with Crippen molar-refractivity contribution < 1.29 is 9.47 Å². The molecule has 0 unspecified atom stereocenters. The molecule has 1 aliphatic rings. The van der Waals surface area contributed by atoms with Gasteiger partial charge in [0.2, 0.25) is 0 Å². The lowest BCUT2D eigenvalue weighted by Gasteiger charge is -2.16. The smallest absolute Gasteiger partial charge is 0.187 e. The molecule has 0 bridgehead atoms. The van der Waals surface area contributed by atoms with Crippen molar-refractivity contribution >= 4 is 51.7 Å². The molecule has 6 nitrogen and oxygen atoms in total. The van der Waals surface area contributed by atoms with Crippen LogP contribution in [0.4, 0.5) is 5.82 Å². The van der Waals surface area contributed by atoms with Gasteiger partial charge in [0.05, 0.1) is 30.0 Å². The maximum absolute atomic E-state index is 6.59. The van der Waals surface area contributed by atoms with Gasteiger partial charge in [0.25, 0.3) is 0 Å². The van der Waals surface area contributed by atoms with E-state index in [-0.39, 0.29) is 0 Å². The highest BCUT2D eigenvalue weighted by molar-refractivity contribution is 7.98. The van der Waals surface area contributed by atoms with Crippen molar-refractivity contribution in [3.63, 3.8) is 0 Å². The van der Waals surface area contributed by atoms with Gasteiger partial charge in [-0.25, -0.2) is 15.0 Å². The number of hydrogen-bond donors (Lipinski definition) is 1. The minimum Gasteiger partial charge on any atom is -0.495 e. The zero-order valence-electron chi connectivity index (χ0n) is 15.5. The number of hydrogen-bond acceptors (Lipinski definition) is 7. The topological polar surface area (TPSA) is 69.2 Å².